The highest BCUT2D eigenvalue weighted by Crippen LogP contribution is 2.33. The number of nitrogens with one attached hydrogen (secondary N) is 2. The molecule has 0 spiro atoms. The molecule has 0 saturated heterocycles. The quantitative estimate of drug-likeness (QED) is 0.388. The summed E-state index contributed by atoms with van der Waals surface area (Å²) in [6.07, 6.45) is 1.90. The number of benzene rings is 2. The van der Waals surface area contributed by atoms with Crippen LogP contribution in [0.15, 0.2) is 42.6 Å². The third-order valence-electron chi connectivity index (χ3n) is 6.67. The van der Waals surface area contributed by atoms with E-state index in [1.807, 2.05) is 50.7 Å². The zero-order valence-corrected chi connectivity index (χ0v) is 21.0. The number of aryl methyl sites for hydroxylation is 5. The molecule has 7 heteroatoms. The molecule has 1 aliphatic heterocycles. The van der Waals surface area contributed by atoms with Crippen molar-refractivity contribution in [1.29, 1.82) is 0 Å². The van der Waals surface area contributed by atoms with Crippen LogP contribution in [0.25, 0.3) is 22.5 Å². The number of carbonyl (C=O) groups excluding carboxylic acids is 1. The Morgan fingerprint density at radius 3 is 2.54 bits per heavy atom. The Labute approximate surface area is 205 Å². The first-order valence-corrected chi connectivity index (χ1v) is 12.0. The van der Waals surface area contributed by atoms with E-state index in [2.05, 4.69) is 53.7 Å². The van der Waals surface area contributed by atoms with Crippen LogP contribution in [-0.2, 0) is 6.54 Å². The summed E-state index contributed by atoms with van der Waals surface area (Å²) in [5.41, 5.74) is 10.3. The second-order valence-corrected chi connectivity index (χ2v) is 9.32. The van der Waals surface area contributed by atoms with Crippen LogP contribution in [0, 0.1) is 27.7 Å². The monoisotopic (exact) mass is 466 g/mol. The first kappa shape index (κ1) is 22.8. The average molecular weight is 467 g/mol. The van der Waals surface area contributed by atoms with E-state index in [1.54, 1.807) is 0 Å². The Morgan fingerprint density at radius 1 is 1.00 bits per heavy atom. The predicted octanol–water partition coefficient (Wildman–Crippen LogP) is 5.81. The molecule has 35 heavy (non-hydrogen) atoms. The van der Waals surface area contributed by atoms with E-state index >= 15 is 0 Å². The fourth-order valence-corrected chi connectivity index (χ4v) is 4.68. The summed E-state index contributed by atoms with van der Waals surface area (Å²) in [5.74, 6) is 1.33. The lowest BCUT2D eigenvalue weighted by molar-refractivity contribution is 0.0958. The molecule has 2 aromatic heterocycles. The normalized spacial score (nSPS) is 14.7. The molecule has 0 aliphatic carbocycles. The van der Waals surface area contributed by atoms with Gasteiger partial charge in [-0.1, -0.05) is 12.1 Å². The third-order valence-corrected chi connectivity index (χ3v) is 6.67. The molecule has 0 saturated carbocycles. The van der Waals surface area contributed by atoms with Gasteiger partial charge in [-0.25, -0.2) is 4.68 Å². The van der Waals surface area contributed by atoms with Crippen molar-refractivity contribution in [2.45, 2.75) is 54.1 Å². The van der Waals surface area contributed by atoms with Crippen LogP contribution < -0.4 is 10.6 Å². The summed E-state index contributed by atoms with van der Waals surface area (Å²) in [5, 5.41) is 11.2. The second kappa shape index (κ2) is 8.65. The lowest BCUT2D eigenvalue weighted by Crippen LogP contribution is -2.16. The lowest BCUT2D eigenvalue weighted by Gasteiger charge is -2.12. The Bertz CT molecular complexity index is 1470. The summed E-state index contributed by atoms with van der Waals surface area (Å²) in [6.45, 7) is 12.9. The summed E-state index contributed by atoms with van der Waals surface area (Å²) >= 11 is 0. The Kier molecular flexibility index (Phi) is 5.63. The number of aromatic nitrogens is 4. The molecule has 2 N–H and O–H groups in total. The van der Waals surface area contributed by atoms with E-state index < -0.39 is 0 Å². The summed E-state index contributed by atoms with van der Waals surface area (Å²) in [4.78, 5) is 21.5. The highest BCUT2D eigenvalue weighted by Gasteiger charge is 2.26. The van der Waals surface area contributed by atoms with Gasteiger partial charge >= 0.3 is 0 Å². The molecular formula is C28H30N6O. The van der Waals surface area contributed by atoms with Crippen LogP contribution in [0.2, 0.25) is 0 Å². The molecule has 178 valence electrons. The molecule has 0 fully saturated rings. The third kappa shape index (κ3) is 4.07. The molecule has 5 rings (SSSR count). The molecule has 3 heterocycles. The first-order chi connectivity index (χ1) is 16.7. The van der Waals surface area contributed by atoms with Gasteiger partial charge in [0.2, 0.25) is 5.95 Å². The number of carbonyl (C=O) groups is 1. The van der Waals surface area contributed by atoms with E-state index in [1.165, 1.54) is 5.56 Å². The molecule has 1 unspecified atom stereocenters. The van der Waals surface area contributed by atoms with Gasteiger partial charge in [0.15, 0.2) is 5.82 Å². The zero-order valence-electron chi connectivity index (χ0n) is 21.0. The molecule has 1 aliphatic rings. The smallest absolute Gasteiger partial charge is 0.252 e. The minimum absolute atomic E-state index is 0.00742. The number of hydrogen-bond donors (Lipinski definition) is 2. The zero-order chi connectivity index (χ0) is 24.9. The van der Waals surface area contributed by atoms with Crippen LogP contribution >= 0.6 is 0 Å². The highest BCUT2D eigenvalue weighted by molar-refractivity contribution is 6.00. The second-order valence-electron chi connectivity index (χ2n) is 9.32. The van der Waals surface area contributed by atoms with Gasteiger partial charge in [0.25, 0.3) is 5.91 Å². The van der Waals surface area contributed by atoms with Gasteiger partial charge in [-0.05, 0) is 93.6 Å². The fraction of sp³-hybridized carbons (Fsp3) is 0.286. The van der Waals surface area contributed by atoms with E-state index in [0.29, 0.717) is 18.3 Å². The van der Waals surface area contributed by atoms with E-state index in [9.17, 15) is 4.79 Å². The summed E-state index contributed by atoms with van der Waals surface area (Å²) < 4.78 is 1.87. The van der Waals surface area contributed by atoms with Gasteiger partial charge in [-0.15, -0.1) is 5.10 Å². The number of fused-ring (bicyclic) bond motifs is 1. The number of nitrogens with zero attached hydrogens (tertiary/aromatic N) is 4. The van der Waals surface area contributed by atoms with Crippen LogP contribution in [0.3, 0.4) is 0 Å². The van der Waals surface area contributed by atoms with Crippen molar-refractivity contribution < 1.29 is 4.79 Å². The largest absolute Gasteiger partial charge is 0.345 e. The van der Waals surface area contributed by atoms with Gasteiger partial charge < -0.3 is 10.6 Å². The van der Waals surface area contributed by atoms with Crippen LogP contribution in [0.1, 0.15) is 58.2 Å². The Balaban J connectivity index is 1.48. The lowest BCUT2D eigenvalue weighted by atomic mass is 9.96. The van der Waals surface area contributed by atoms with E-state index in [4.69, 9.17) is 10.1 Å². The van der Waals surface area contributed by atoms with Crippen molar-refractivity contribution in [3.05, 3.63) is 76.1 Å². The maximum atomic E-state index is 12.2. The summed E-state index contributed by atoms with van der Waals surface area (Å²) in [7, 11) is 0. The number of pyridine rings is 1. The molecule has 2 aromatic carbocycles. The minimum atomic E-state index is -0.0170. The average Bonchev–Trinajstić information content (AvgIpc) is 3.36. The van der Waals surface area contributed by atoms with Crippen LogP contribution in [0.5, 0.6) is 0 Å². The Morgan fingerprint density at radius 2 is 1.80 bits per heavy atom. The van der Waals surface area contributed by atoms with Crippen molar-refractivity contribution in [2.24, 2.45) is 0 Å². The number of hydrogen-bond acceptors (Lipinski definition) is 5. The molecule has 1 atom stereocenters. The van der Waals surface area contributed by atoms with Gasteiger partial charge in [-0.3, -0.25) is 9.78 Å². The topological polar surface area (TPSA) is 84.7 Å². The van der Waals surface area contributed by atoms with Crippen molar-refractivity contribution >= 4 is 17.5 Å². The molecule has 4 aromatic rings. The maximum Gasteiger partial charge on any atom is 0.252 e. The minimum Gasteiger partial charge on any atom is -0.345 e. The Hall–Kier alpha value is -4.00. The maximum absolute atomic E-state index is 12.2. The SMILES string of the molecule is CCn1nc(-c2ccc(-c3cc(C)cnc3C)c(C)c2)nc1Nc1cc2c(cc1C)C(=O)NC2C. The standard InChI is InChI=1S/C28H30N6O/c1-7-34-28(31-25-13-23-19(6)30-27(35)24(23)12-17(25)4)32-26(33-34)20-8-9-21(16(3)11-20)22-10-15(2)14-29-18(22)5/h8-14,19H,7H2,1-6H3,(H,30,35)(H,31,32,33). The predicted molar refractivity (Wildman–Crippen MR) is 139 cm³/mol. The van der Waals surface area contributed by atoms with Crippen LogP contribution in [0.4, 0.5) is 11.6 Å². The van der Waals surface area contributed by atoms with Crippen LogP contribution in [-0.4, -0.2) is 25.7 Å². The van der Waals surface area contributed by atoms with Gasteiger partial charge in [0.05, 0.1) is 6.04 Å². The molecule has 7 nitrogen and oxygen atoms in total. The highest BCUT2D eigenvalue weighted by atomic mass is 16.2. The van der Waals surface area contributed by atoms with Crippen molar-refractivity contribution in [3.63, 3.8) is 0 Å². The van der Waals surface area contributed by atoms with Gasteiger partial charge in [-0.2, -0.15) is 4.98 Å². The van der Waals surface area contributed by atoms with Gasteiger partial charge in [0.1, 0.15) is 0 Å². The molecule has 1 amide bonds. The number of amides is 1. The number of anilines is 2. The van der Waals surface area contributed by atoms with Crippen molar-refractivity contribution in [3.8, 4) is 22.5 Å². The molecular weight excluding hydrogens is 436 g/mol. The van der Waals surface area contributed by atoms with E-state index in [0.717, 1.165) is 50.3 Å². The fourth-order valence-electron chi connectivity index (χ4n) is 4.68. The van der Waals surface area contributed by atoms with Crippen molar-refractivity contribution in [1.82, 2.24) is 25.1 Å². The van der Waals surface area contributed by atoms with E-state index in [-0.39, 0.29) is 11.9 Å². The van der Waals surface area contributed by atoms with Gasteiger partial charge in [0, 0.05) is 40.8 Å². The summed E-state index contributed by atoms with van der Waals surface area (Å²) in [6, 6.07) is 12.5. The van der Waals surface area contributed by atoms with Crippen molar-refractivity contribution in [2.75, 3.05) is 5.32 Å². The molecule has 0 radical (unpaired) electrons. The number of rotatable bonds is 5. The molecule has 0 bridgehead atoms. The first-order valence-electron chi connectivity index (χ1n) is 12.0.